The monoisotopic (exact) mass is 503 g/mol. The van der Waals surface area contributed by atoms with Crippen molar-refractivity contribution in [3.63, 3.8) is 0 Å². The summed E-state index contributed by atoms with van der Waals surface area (Å²) in [5, 5.41) is 4.76. The van der Waals surface area contributed by atoms with Crippen molar-refractivity contribution in [1.82, 2.24) is 0 Å². The summed E-state index contributed by atoms with van der Waals surface area (Å²) in [5.41, 5.74) is 2.61. The lowest BCUT2D eigenvalue weighted by Crippen LogP contribution is -2.19. The van der Waals surface area contributed by atoms with E-state index in [0.717, 1.165) is 37.7 Å². The van der Waals surface area contributed by atoms with E-state index in [1.807, 2.05) is 37.6 Å². The first kappa shape index (κ1) is 31.2. The predicted molar refractivity (Wildman–Crippen MR) is 148 cm³/mol. The molecule has 2 fully saturated rings. The van der Waals surface area contributed by atoms with Crippen LogP contribution in [0.25, 0.3) is 0 Å². The molecule has 0 amide bonds. The molecule has 4 rings (SSSR count). The van der Waals surface area contributed by atoms with Gasteiger partial charge in [-0.2, -0.15) is 0 Å². The van der Waals surface area contributed by atoms with Gasteiger partial charge in [-0.15, -0.1) is 0 Å². The van der Waals surface area contributed by atoms with Crippen LogP contribution in [0.5, 0.6) is 5.75 Å². The Morgan fingerprint density at radius 3 is 2.03 bits per heavy atom. The molecule has 196 valence electrons. The van der Waals surface area contributed by atoms with E-state index in [2.05, 4.69) is 35.1 Å². The molecule has 6 heteroatoms. The highest BCUT2D eigenvalue weighted by Gasteiger charge is 2.22. The highest BCUT2D eigenvalue weighted by molar-refractivity contribution is 7.96. The molecule has 0 unspecified atom stereocenters. The normalized spacial score (nSPS) is 19.1. The average molecular weight is 504 g/mol. The molecule has 2 aliphatic rings. The third-order valence-electron chi connectivity index (χ3n) is 6.18. The molecule has 0 heterocycles. The van der Waals surface area contributed by atoms with E-state index in [-0.39, 0.29) is 0 Å². The van der Waals surface area contributed by atoms with Crippen molar-refractivity contribution in [2.24, 2.45) is 11.1 Å². The third-order valence-corrected chi connectivity index (χ3v) is 6.18. The van der Waals surface area contributed by atoms with Crippen LogP contribution >= 0.6 is 11.9 Å². The number of methoxy groups -OCH3 is 2. The van der Waals surface area contributed by atoms with Gasteiger partial charge in [0, 0.05) is 27.2 Å². The fraction of sp³-hybridized carbons (Fsp3) is 0.552. The van der Waals surface area contributed by atoms with E-state index in [1.54, 1.807) is 14.2 Å². The molecule has 5 nitrogen and oxygen atoms in total. The highest BCUT2D eigenvalue weighted by atomic mass is 32.2. The Morgan fingerprint density at radius 1 is 0.914 bits per heavy atom. The van der Waals surface area contributed by atoms with Crippen LogP contribution in [0.4, 0.5) is 0 Å². The molecular formula is C29H45NO4S. The number of rotatable bonds is 6. The Morgan fingerprint density at radius 2 is 1.51 bits per heavy atom. The Labute approximate surface area is 217 Å². The summed E-state index contributed by atoms with van der Waals surface area (Å²) < 4.78 is 15.7. The zero-order chi connectivity index (χ0) is 25.7. The summed E-state index contributed by atoms with van der Waals surface area (Å²) in [5.74, 6) is 2.03. The molecule has 2 aliphatic carbocycles. The minimum absolute atomic E-state index is 0.417. The van der Waals surface area contributed by atoms with Gasteiger partial charge in [-0.1, -0.05) is 67.3 Å². The van der Waals surface area contributed by atoms with Crippen LogP contribution in [0.15, 0.2) is 54.6 Å². The first-order valence-electron chi connectivity index (χ1n) is 12.5. The zero-order valence-electron chi connectivity index (χ0n) is 22.0. The van der Waals surface area contributed by atoms with E-state index in [4.69, 9.17) is 14.6 Å². The van der Waals surface area contributed by atoms with E-state index < -0.39 is 0 Å². The summed E-state index contributed by atoms with van der Waals surface area (Å²) in [6.45, 7) is 0.626. The smallest absolute Gasteiger partial charge is 0.123 e. The Balaban J connectivity index is 0.000000389. The van der Waals surface area contributed by atoms with Crippen LogP contribution in [0.2, 0.25) is 0 Å². The van der Waals surface area contributed by atoms with Crippen LogP contribution in [0.1, 0.15) is 68.4 Å². The van der Waals surface area contributed by atoms with E-state index in [1.165, 1.54) is 48.8 Å². The number of nitrogens with two attached hydrogens (primary N) is 1. The Kier molecular flexibility index (Phi) is 18.1. The lowest BCUT2D eigenvalue weighted by molar-refractivity contribution is -0.110. The summed E-state index contributed by atoms with van der Waals surface area (Å²) in [4.78, 5) is 10.0. The van der Waals surface area contributed by atoms with Crippen LogP contribution in [-0.2, 0) is 20.9 Å². The fourth-order valence-electron chi connectivity index (χ4n) is 4.32. The first-order chi connectivity index (χ1) is 17.1. The number of hydrogen-bond donors (Lipinski definition) is 1. The van der Waals surface area contributed by atoms with Crippen molar-refractivity contribution in [1.29, 1.82) is 0 Å². The quantitative estimate of drug-likeness (QED) is 0.345. The van der Waals surface area contributed by atoms with Gasteiger partial charge >= 0.3 is 0 Å². The van der Waals surface area contributed by atoms with Crippen LogP contribution in [-0.4, -0.2) is 40.0 Å². The van der Waals surface area contributed by atoms with Gasteiger partial charge in [0.25, 0.3) is 0 Å². The van der Waals surface area contributed by atoms with Crippen molar-refractivity contribution in [3.05, 3.63) is 65.7 Å². The summed E-state index contributed by atoms with van der Waals surface area (Å²) >= 11 is 1.25. The molecular weight excluding hydrogens is 458 g/mol. The molecule has 2 aromatic carbocycles. The minimum Gasteiger partial charge on any atom is -0.489 e. The van der Waals surface area contributed by atoms with Crippen LogP contribution in [0.3, 0.4) is 0 Å². The Hall–Kier alpha value is -1.86. The molecule has 0 saturated heterocycles. The molecule has 0 bridgehead atoms. The third kappa shape index (κ3) is 13.7. The second kappa shape index (κ2) is 20.3. The fourth-order valence-corrected chi connectivity index (χ4v) is 4.32. The summed E-state index contributed by atoms with van der Waals surface area (Å²) in [6.07, 6.45) is 12.9. The molecule has 0 spiro atoms. The maximum absolute atomic E-state index is 10.0. The number of hydrogen-bond acceptors (Lipinski definition) is 6. The van der Waals surface area contributed by atoms with Crippen molar-refractivity contribution in [3.8, 4) is 5.75 Å². The second-order valence-electron chi connectivity index (χ2n) is 8.88. The molecule has 0 aromatic heterocycles. The maximum atomic E-state index is 10.0. The first-order valence-corrected chi connectivity index (χ1v) is 13.8. The molecule has 0 atom stereocenters. The number of benzene rings is 2. The molecule has 35 heavy (non-hydrogen) atoms. The van der Waals surface area contributed by atoms with Gasteiger partial charge in [0.1, 0.15) is 18.6 Å². The van der Waals surface area contributed by atoms with Crippen molar-refractivity contribution in [2.45, 2.75) is 70.0 Å². The lowest BCUT2D eigenvalue weighted by Gasteiger charge is -2.28. The number of ether oxygens (including phenoxy) is 3. The van der Waals surface area contributed by atoms with Gasteiger partial charge in [-0.25, -0.2) is 0 Å². The van der Waals surface area contributed by atoms with E-state index in [9.17, 15) is 4.79 Å². The molecule has 2 aromatic rings. The van der Waals surface area contributed by atoms with Crippen LogP contribution < -0.4 is 9.88 Å². The largest absolute Gasteiger partial charge is 0.489 e. The number of aldehydes is 1. The van der Waals surface area contributed by atoms with Gasteiger partial charge in [0.05, 0.1) is 6.10 Å². The van der Waals surface area contributed by atoms with Crippen LogP contribution in [0, 0.1) is 5.92 Å². The van der Waals surface area contributed by atoms with Gasteiger partial charge in [0.15, 0.2) is 0 Å². The van der Waals surface area contributed by atoms with E-state index in [0.29, 0.717) is 24.5 Å². The lowest BCUT2D eigenvalue weighted by atomic mass is 9.83. The molecule has 0 aliphatic heterocycles. The highest BCUT2D eigenvalue weighted by Crippen LogP contribution is 2.35. The van der Waals surface area contributed by atoms with E-state index >= 15 is 0 Å². The predicted octanol–water partition coefficient (Wildman–Crippen LogP) is 6.80. The zero-order valence-corrected chi connectivity index (χ0v) is 22.8. The maximum Gasteiger partial charge on any atom is 0.123 e. The average Bonchev–Trinajstić information content (AvgIpc) is 3.44. The molecule has 2 saturated carbocycles. The topological polar surface area (TPSA) is 70.8 Å². The van der Waals surface area contributed by atoms with Gasteiger partial charge in [0.2, 0.25) is 0 Å². The van der Waals surface area contributed by atoms with Crippen molar-refractivity contribution >= 4 is 18.2 Å². The molecule has 0 radical (unpaired) electrons. The van der Waals surface area contributed by atoms with Gasteiger partial charge in [-0.3, -0.25) is 5.14 Å². The van der Waals surface area contributed by atoms with Gasteiger partial charge in [-0.05, 0) is 74.0 Å². The number of carbonyl (C=O) groups is 1. The van der Waals surface area contributed by atoms with Crippen molar-refractivity contribution < 1.29 is 19.0 Å². The van der Waals surface area contributed by atoms with Crippen molar-refractivity contribution in [2.75, 3.05) is 27.6 Å². The summed E-state index contributed by atoms with van der Waals surface area (Å²) in [7, 11) is 5.07. The SMILES string of the molecule is COC.COC1CCC(c2cccc(OCc3ccccc3)c2)CC1.CSN.O=CC1CCCC1. The second-order valence-corrected chi connectivity index (χ2v) is 9.35. The van der Waals surface area contributed by atoms with Gasteiger partial charge < -0.3 is 19.0 Å². The Bertz CT molecular complexity index is 758. The minimum atomic E-state index is 0.417. The number of carbonyl (C=O) groups excluding carboxylic acids is 1. The standard InChI is InChI=1S/C20H24O2.C6H10O.C2H6O.CH5NS/c1-21-19-12-10-17(11-13-19)18-8-5-9-20(14-18)22-15-16-6-3-2-4-7-16;7-5-6-3-1-2-4-6;2*1-3-2/h2-9,14,17,19H,10-13,15H2,1H3;5-6H,1-4H2;1-2H3;2H2,1H3. The molecule has 2 N–H and O–H groups in total. The summed E-state index contributed by atoms with van der Waals surface area (Å²) in [6, 6.07) is 18.9.